The van der Waals surface area contributed by atoms with Crippen LogP contribution >= 0.6 is 0 Å². The van der Waals surface area contributed by atoms with Crippen LogP contribution in [0, 0.1) is 5.92 Å². The Bertz CT molecular complexity index is 1050. The first-order valence-electron chi connectivity index (χ1n) is 14.9. The first-order chi connectivity index (χ1) is 19.3. The van der Waals surface area contributed by atoms with E-state index in [0.717, 1.165) is 32.5 Å². The van der Waals surface area contributed by atoms with Gasteiger partial charge in [0.2, 0.25) is 17.7 Å². The number of fused-ring (bicyclic) bond motifs is 1. The zero-order chi connectivity index (χ0) is 28.5. The highest BCUT2D eigenvalue weighted by Gasteiger charge is 2.43. The second kappa shape index (κ2) is 14.0. The third-order valence-corrected chi connectivity index (χ3v) is 8.40. The normalized spacial score (nSPS) is 24.6. The summed E-state index contributed by atoms with van der Waals surface area (Å²) in [5.41, 5.74) is -0.674. The van der Waals surface area contributed by atoms with Crippen molar-refractivity contribution in [3.8, 4) is 5.75 Å². The second-order valence-corrected chi connectivity index (χ2v) is 11.7. The minimum atomic E-state index is -0.974. The molecule has 10 nitrogen and oxygen atoms in total. The van der Waals surface area contributed by atoms with Crippen LogP contribution in [-0.4, -0.2) is 78.9 Å². The molecule has 0 aromatic heterocycles. The van der Waals surface area contributed by atoms with E-state index in [0.29, 0.717) is 30.7 Å². The fourth-order valence-electron chi connectivity index (χ4n) is 5.81. The van der Waals surface area contributed by atoms with Gasteiger partial charge in [0.1, 0.15) is 23.9 Å². The van der Waals surface area contributed by atoms with Gasteiger partial charge in [0.25, 0.3) is 5.91 Å². The summed E-state index contributed by atoms with van der Waals surface area (Å²) in [6.07, 6.45) is 6.52. The van der Waals surface area contributed by atoms with E-state index >= 15 is 0 Å². The van der Waals surface area contributed by atoms with Crippen LogP contribution in [-0.2, 0) is 14.4 Å². The van der Waals surface area contributed by atoms with Gasteiger partial charge >= 0.3 is 0 Å². The van der Waals surface area contributed by atoms with Crippen LogP contribution in [0.5, 0.6) is 5.75 Å². The van der Waals surface area contributed by atoms with Gasteiger partial charge in [-0.05, 0) is 63.2 Å². The predicted molar refractivity (Wildman–Crippen MR) is 152 cm³/mol. The van der Waals surface area contributed by atoms with Crippen molar-refractivity contribution in [1.29, 1.82) is 0 Å². The number of para-hydroxylation sites is 1. The zero-order valence-corrected chi connectivity index (χ0v) is 23.9. The molecular weight excluding hydrogens is 510 g/mol. The Labute approximate surface area is 237 Å². The van der Waals surface area contributed by atoms with E-state index in [1.165, 1.54) is 19.3 Å². The summed E-state index contributed by atoms with van der Waals surface area (Å²) >= 11 is 0. The number of benzene rings is 1. The standard InChI is InChI=1S/C30H45N5O5/c1-21(2)24-20-40-25-11-5-4-10-22(25)27(37)32-23(28(38)31-16-19-35-17-8-3-9-18-35)12-13-26(36)34-30(29(39)33-24)14-6-7-15-30/h4-5,10-11,21,23-24H,3,6-9,12-20H2,1-2H3,(H,31,38)(H,32,37)(H,33,39)(H,34,36)/t23-,24-/m0/s1. The Morgan fingerprint density at radius 1 is 1.05 bits per heavy atom. The van der Waals surface area contributed by atoms with Crippen LogP contribution in [0.1, 0.15) is 82.0 Å². The van der Waals surface area contributed by atoms with E-state index < -0.39 is 17.5 Å². The van der Waals surface area contributed by atoms with E-state index in [1.54, 1.807) is 24.3 Å². The minimum Gasteiger partial charge on any atom is -0.491 e. The third-order valence-electron chi connectivity index (χ3n) is 8.40. The van der Waals surface area contributed by atoms with Crippen molar-refractivity contribution in [2.75, 3.05) is 32.8 Å². The van der Waals surface area contributed by atoms with Crippen molar-refractivity contribution < 1.29 is 23.9 Å². The molecule has 220 valence electrons. The van der Waals surface area contributed by atoms with Crippen molar-refractivity contribution in [2.45, 2.75) is 89.3 Å². The van der Waals surface area contributed by atoms with Crippen LogP contribution in [0.3, 0.4) is 0 Å². The van der Waals surface area contributed by atoms with E-state index in [-0.39, 0.29) is 49.1 Å². The van der Waals surface area contributed by atoms with Crippen molar-refractivity contribution in [1.82, 2.24) is 26.2 Å². The number of piperidine rings is 1. The molecule has 0 radical (unpaired) electrons. The van der Waals surface area contributed by atoms with Crippen molar-refractivity contribution in [2.24, 2.45) is 5.92 Å². The Balaban J connectivity index is 1.54. The number of carbonyl (C=O) groups excluding carboxylic acids is 4. The molecular formula is C30H45N5O5. The van der Waals surface area contributed by atoms with Gasteiger partial charge in [-0.3, -0.25) is 19.2 Å². The molecule has 40 heavy (non-hydrogen) atoms. The summed E-state index contributed by atoms with van der Waals surface area (Å²) in [6.45, 7) is 7.43. The number of rotatable bonds is 5. The molecule has 4 amide bonds. The number of nitrogens with one attached hydrogen (secondary N) is 4. The molecule has 1 spiro atoms. The molecule has 1 aliphatic carbocycles. The van der Waals surface area contributed by atoms with Gasteiger partial charge in [-0.2, -0.15) is 0 Å². The third kappa shape index (κ3) is 7.74. The Hall–Kier alpha value is -3.14. The van der Waals surface area contributed by atoms with E-state index in [1.807, 2.05) is 13.8 Å². The van der Waals surface area contributed by atoms with E-state index in [2.05, 4.69) is 26.2 Å². The van der Waals surface area contributed by atoms with Gasteiger partial charge in [0, 0.05) is 19.5 Å². The van der Waals surface area contributed by atoms with Crippen LogP contribution in [0.25, 0.3) is 0 Å². The van der Waals surface area contributed by atoms with Gasteiger partial charge in [-0.1, -0.05) is 45.2 Å². The second-order valence-electron chi connectivity index (χ2n) is 11.7. The summed E-state index contributed by atoms with van der Waals surface area (Å²) < 4.78 is 6.09. The fraction of sp³-hybridized carbons (Fsp3) is 0.667. The molecule has 3 aliphatic rings. The molecule has 4 rings (SSSR count). The molecule has 4 N–H and O–H groups in total. The lowest BCUT2D eigenvalue weighted by atomic mass is 9.94. The lowest BCUT2D eigenvalue weighted by Gasteiger charge is -2.32. The number of hydrogen-bond acceptors (Lipinski definition) is 6. The molecule has 0 bridgehead atoms. The number of amides is 4. The van der Waals surface area contributed by atoms with Crippen LogP contribution in [0.15, 0.2) is 24.3 Å². The highest BCUT2D eigenvalue weighted by Crippen LogP contribution is 2.31. The first-order valence-corrected chi connectivity index (χ1v) is 14.9. The van der Waals surface area contributed by atoms with Crippen LogP contribution in [0.4, 0.5) is 0 Å². The zero-order valence-electron chi connectivity index (χ0n) is 23.9. The van der Waals surface area contributed by atoms with E-state index in [9.17, 15) is 19.2 Å². The summed E-state index contributed by atoms with van der Waals surface area (Å²) in [5.74, 6) is -0.833. The minimum absolute atomic E-state index is 0.00524. The molecule has 10 heteroatoms. The molecule has 1 aromatic rings. The SMILES string of the molecule is CC(C)[C@@H]1COc2ccccc2C(=O)N[C@H](C(=O)NCCN2CCCCC2)CCC(=O)NC2(CCCC2)C(=O)N1. The highest BCUT2D eigenvalue weighted by atomic mass is 16.5. The Kier molecular flexibility index (Phi) is 10.4. The quantitative estimate of drug-likeness (QED) is 0.441. The van der Waals surface area contributed by atoms with E-state index in [4.69, 9.17) is 4.74 Å². The maximum atomic E-state index is 13.5. The number of likely N-dealkylation sites (tertiary alicyclic amines) is 1. The van der Waals surface area contributed by atoms with Gasteiger partial charge in [-0.25, -0.2) is 0 Å². The Morgan fingerprint density at radius 3 is 2.50 bits per heavy atom. The summed E-state index contributed by atoms with van der Waals surface area (Å²) in [7, 11) is 0. The summed E-state index contributed by atoms with van der Waals surface area (Å²) in [5, 5.41) is 11.9. The van der Waals surface area contributed by atoms with Crippen LogP contribution in [0.2, 0.25) is 0 Å². The molecule has 1 aromatic carbocycles. The topological polar surface area (TPSA) is 129 Å². The predicted octanol–water partition coefficient (Wildman–Crippen LogP) is 2.13. The largest absolute Gasteiger partial charge is 0.491 e. The summed E-state index contributed by atoms with van der Waals surface area (Å²) in [6, 6.07) is 5.66. The number of carbonyl (C=O) groups is 4. The highest BCUT2D eigenvalue weighted by molar-refractivity contribution is 6.00. The fourth-order valence-corrected chi connectivity index (χ4v) is 5.81. The molecule has 1 saturated carbocycles. The lowest BCUT2D eigenvalue weighted by molar-refractivity contribution is -0.134. The maximum Gasteiger partial charge on any atom is 0.255 e. The summed E-state index contributed by atoms with van der Waals surface area (Å²) in [4.78, 5) is 55.6. The molecule has 2 aliphatic heterocycles. The van der Waals surface area contributed by atoms with Gasteiger partial charge in [0.05, 0.1) is 11.6 Å². The van der Waals surface area contributed by atoms with Crippen LogP contribution < -0.4 is 26.0 Å². The number of ether oxygens (including phenoxy) is 1. The number of hydrogen-bond donors (Lipinski definition) is 4. The average molecular weight is 556 g/mol. The monoisotopic (exact) mass is 555 g/mol. The molecule has 2 fully saturated rings. The van der Waals surface area contributed by atoms with Crippen molar-refractivity contribution in [3.05, 3.63) is 29.8 Å². The lowest BCUT2D eigenvalue weighted by Crippen LogP contribution is -2.60. The van der Waals surface area contributed by atoms with Gasteiger partial charge in [-0.15, -0.1) is 0 Å². The molecule has 0 unspecified atom stereocenters. The van der Waals surface area contributed by atoms with Crippen molar-refractivity contribution in [3.63, 3.8) is 0 Å². The number of nitrogens with zero attached hydrogens (tertiary/aromatic N) is 1. The Morgan fingerprint density at radius 2 is 1.77 bits per heavy atom. The van der Waals surface area contributed by atoms with Crippen molar-refractivity contribution >= 4 is 23.6 Å². The average Bonchev–Trinajstić information content (AvgIpc) is 3.42. The first kappa shape index (κ1) is 29.8. The molecule has 2 atom stereocenters. The maximum absolute atomic E-state index is 13.5. The van der Waals surface area contributed by atoms with Gasteiger partial charge < -0.3 is 30.9 Å². The molecule has 2 heterocycles. The van der Waals surface area contributed by atoms with Gasteiger partial charge in [0.15, 0.2) is 0 Å². The molecule has 1 saturated heterocycles. The smallest absolute Gasteiger partial charge is 0.255 e.